The minimum Gasteiger partial charge on any atom is -0.507 e. The topological polar surface area (TPSA) is 70.1 Å². The number of alkyl halides is 3. The number of hydrogen-bond donors (Lipinski definition) is 3. The van der Waals surface area contributed by atoms with Crippen LogP contribution in [0.25, 0.3) is 11.1 Å². The molecule has 0 unspecified atom stereocenters. The molecule has 0 bridgehead atoms. The Morgan fingerprint density at radius 1 is 1.05 bits per heavy atom. The fraction of sp³-hybridized carbons (Fsp3) is 0.0714. The highest BCUT2D eigenvalue weighted by molar-refractivity contribution is 5.99. The van der Waals surface area contributed by atoms with Crippen molar-refractivity contribution >= 4 is 5.84 Å². The molecule has 0 fully saturated rings. The van der Waals surface area contributed by atoms with E-state index in [-0.39, 0.29) is 11.1 Å². The lowest BCUT2D eigenvalue weighted by atomic mass is 9.95. The van der Waals surface area contributed by atoms with Gasteiger partial charge in [-0.1, -0.05) is 36.4 Å². The van der Waals surface area contributed by atoms with Crippen molar-refractivity contribution in [2.75, 3.05) is 0 Å². The van der Waals surface area contributed by atoms with Gasteiger partial charge in [0.2, 0.25) is 0 Å². The van der Waals surface area contributed by atoms with E-state index in [4.69, 9.17) is 11.1 Å². The van der Waals surface area contributed by atoms with Gasteiger partial charge >= 0.3 is 6.18 Å². The predicted octanol–water partition coefficient (Wildman–Crippen LogP) is 3.36. The van der Waals surface area contributed by atoms with Crippen molar-refractivity contribution in [2.24, 2.45) is 5.73 Å². The Labute approximate surface area is 113 Å². The highest BCUT2D eigenvalue weighted by atomic mass is 19.4. The van der Waals surface area contributed by atoms with Crippen LogP contribution in [-0.2, 0) is 6.18 Å². The summed E-state index contributed by atoms with van der Waals surface area (Å²) in [5.41, 5.74) is 3.82. The van der Waals surface area contributed by atoms with Crippen molar-refractivity contribution in [3.05, 3.63) is 53.6 Å². The normalized spacial score (nSPS) is 11.3. The first-order chi connectivity index (χ1) is 9.32. The number of phenolic OH excluding ortho intramolecular Hbond substituents is 1. The van der Waals surface area contributed by atoms with Crippen LogP contribution in [-0.4, -0.2) is 10.9 Å². The van der Waals surface area contributed by atoms with Crippen LogP contribution in [0, 0.1) is 5.41 Å². The van der Waals surface area contributed by atoms with Gasteiger partial charge in [0.15, 0.2) is 0 Å². The number of nitrogen functional groups attached to an aromatic ring is 1. The molecule has 0 spiro atoms. The number of nitrogens with two attached hydrogens (primary N) is 1. The summed E-state index contributed by atoms with van der Waals surface area (Å²) in [4.78, 5) is 0. The molecular weight excluding hydrogens is 269 g/mol. The van der Waals surface area contributed by atoms with E-state index in [2.05, 4.69) is 0 Å². The zero-order valence-corrected chi connectivity index (χ0v) is 10.2. The Morgan fingerprint density at radius 3 is 2.15 bits per heavy atom. The van der Waals surface area contributed by atoms with Gasteiger partial charge in [0, 0.05) is 0 Å². The second-order valence-corrected chi connectivity index (χ2v) is 4.16. The van der Waals surface area contributed by atoms with Gasteiger partial charge in [-0.2, -0.15) is 13.2 Å². The number of benzene rings is 2. The van der Waals surface area contributed by atoms with Gasteiger partial charge in [0.1, 0.15) is 17.1 Å². The second-order valence-electron chi connectivity index (χ2n) is 4.16. The van der Waals surface area contributed by atoms with Gasteiger partial charge in [0.25, 0.3) is 0 Å². The van der Waals surface area contributed by atoms with Crippen LogP contribution >= 0.6 is 0 Å². The predicted molar refractivity (Wildman–Crippen MR) is 69.6 cm³/mol. The van der Waals surface area contributed by atoms with Gasteiger partial charge in [-0.05, 0) is 17.2 Å². The van der Waals surface area contributed by atoms with Gasteiger partial charge in [-0.25, -0.2) is 0 Å². The van der Waals surface area contributed by atoms with Gasteiger partial charge in [-0.3, -0.25) is 5.41 Å². The molecule has 0 aliphatic rings. The van der Waals surface area contributed by atoms with E-state index in [0.29, 0.717) is 5.56 Å². The average molecular weight is 280 g/mol. The first-order valence-electron chi connectivity index (χ1n) is 5.65. The van der Waals surface area contributed by atoms with Crippen LogP contribution < -0.4 is 5.73 Å². The van der Waals surface area contributed by atoms with E-state index >= 15 is 0 Å². The molecule has 0 amide bonds. The first-order valence-corrected chi connectivity index (χ1v) is 5.65. The molecule has 0 atom stereocenters. The van der Waals surface area contributed by atoms with Gasteiger partial charge in [0.05, 0.1) is 5.56 Å². The first kappa shape index (κ1) is 13.9. The summed E-state index contributed by atoms with van der Waals surface area (Å²) in [5, 5.41) is 17.0. The Morgan fingerprint density at radius 2 is 1.65 bits per heavy atom. The monoisotopic (exact) mass is 280 g/mol. The van der Waals surface area contributed by atoms with Crippen molar-refractivity contribution in [3.8, 4) is 16.9 Å². The minimum absolute atomic E-state index is 0.152. The molecule has 0 heterocycles. The number of hydrogen-bond acceptors (Lipinski definition) is 2. The highest BCUT2D eigenvalue weighted by Crippen LogP contribution is 2.43. The van der Waals surface area contributed by atoms with Gasteiger partial charge in [-0.15, -0.1) is 0 Å². The smallest absolute Gasteiger partial charge is 0.420 e. The number of nitrogens with one attached hydrogen (secondary N) is 1. The second kappa shape index (κ2) is 4.88. The quantitative estimate of drug-likeness (QED) is 0.583. The summed E-state index contributed by atoms with van der Waals surface area (Å²) < 4.78 is 39.5. The molecule has 20 heavy (non-hydrogen) atoms. The van der Waals surface area contributed by atoms with Crippen molar-refractivity contribution in [1.82, 2.24) is 0 Å². The van der Waals surface area contributed by atoms with Crippen molar-refractivity contribution in [2.45, 2.75) is 6.18 Å². The largest absolute Gasteiger partial charge is 0.507 e. The third kappa shape index (κ3) is 2.45. The van der Waals surface area contributed by atoms with E-state index in [9.17, 15) is 18.3 Å². The van der Waals surface area contributed by atoms with Crippen LogP contribution in [0.5, 0.6) is 5.75 Å². The molecule has 0 saturated heterocycles. The third-order valence-electron chi connectivity index (χ3n) is 2.84. The molecule has 104 valence electrons. The average Bonchev–Trinajstić information content (AvgIpc) is 2.37. The molecule has 2 aromatic carbocycles. The third-order valence-corrected chi connectivity index (χ3v) is 2.84. The Bertz CT molecular complexity index is 651. The lowest BCUT2D eigenvalue weighted by Gasteiger charge is -2.17. The lowest BCUT2D eigenvalue weighted by Crippen LogP contribution is -2.15. The molecule has 0 aliphatic carbocycles. The molecular formula is C14H11F3N2O. The van der Waals surface area contributed by atoms with Crippen LogP contribution in [0.2, 0.25) is 0 Å². The Balaban J connectivity index is 2.77. The molecule has 3 nitrogen and oxygen atoms in total. The number of amidine groups is 1. The van der Waals surface area contributed by atoms with E-state index < -0.39 is 23.3 Å². The molecule has 0 aromatic heterocycles. The molecule has 0 radical (unpaired) electrons. The fourth-order valence-corrected chi connectivity index (χ4v) is 1.95. The zero-order valence-electron chi connectivity index (χ0n) is 10.2. The molecule has 4 N–H and O–H groups in total. The maximum absolute atomic E-state index is 13.2. The number of phenols is 1. The fourth-order valence-electron chi connectivity index (χ4n) is 1.95. The lowest BCUT2D eigenvalue weighted by molar-refractivity contribution is -0.138. The standard InChI is InChI=1S/C14H11F3N2O/c15-14(16,17)11-9(8-4-2-1-3-5-8)6-7-10(12(11)20)13(18)19/h1-7,20H,(H3,18,19). The molecule has 0 saturated carbocycles. The van der Waals surface area contributed by atoms with Crippen LogP contribution in [0.15, 0.2) is 42.5 Å². The summed E-state index contributed by atoms with van der Waals surface area (Å²) in [6.07, 6.45) is -4.75. The highest BCUT2D eigenvalue weighted by Gasteiger charge is 2.38. The molecule has 6 heteroatoms. The summed E-state index contributed by atoms with van der Waals surface area (Å²) in [6, 6.07) is 10.3. The van der Waals surface area contributed by atoms with Gasteiger partial charge < -0.3 is 10.8 Å². The van der Waals surface area contributed by atoms with Crippen molar-refractivity contribution in [3.63, 3.8) is 0 Å². The Hall–Kier alpha value is -2.50. The molecule has 2 aromatic rings. The number of aromatic hydroxyl groups is 1. The number of halogens is 3. The van der Waals surface area contributed by atoms with Crippen LogP contribution in [0.1, 0.15) is 11.1 Å². The summed E-state index contributed by atoms with van der Waals surface area (Å²) in [7, 11) is 0. The summed E-state index contributed by atoms with van der Waals surface area (Å²) >= 11 is 0. The van der Waals surface area contributed by atoms with Crippen molar-refractivity contribution < 1.29 is 18.3 Å². The van der Waals surface area contributed by atoms with E-state index in [1.54, 1.807) is 18.2 Å². The molecule has 0 aliphatic heterocycles. The molecule has 2 rings (SSSR count). The van der Waals surface area contributed by atoms with Crippen LogP contribution in [0.3, 0.4) is 0 Å². The van der Waals surface area contributed by atoms with E-state index in [0.717, 1.165) is 0 Å². The Kier molecular flexibility index (Phi) is 3.40. The van der Waals surface area contributed by atoms with Crippen LogP contribution in [0.4, 0.5) is 13.2 Å². The summed E-state index contributed by atoms with van der Waals surface area (Å²) in [6.45, 7) is 0. The SMILES string of the molecule is N=C(N)c1ccc(-c2ccccc2)c(C(F)(F)F)c1O. The van der Waals surface area contributed by atoms with E-state index in [1.165, 1.54) is 24.3 Å². The van der Waals surface area contributed by atoms with Crippen molar-refractivity contribution in [1.29, 1.82) is 5.41 Å². The maximum atomic E-state index is 13.2. The number of rotatable bonds is 2. The van der Waals surface area contributed by atoms with E-state index in [1.807, 2.05) is 0 Å². The summed E-state index contributed by atoms with van der Waals surface area (Å²) in [5.74, 6) is -1.64. The maximum Gasteiger partial charge on any atom is 0.420 e. The minimum atomic E-state index is -4.75. The zero-order chi connectivity index (χ0) is 14.9.